The van der Waals surface area contributed by atoms with Gasteiger partial charge in [-0.3, -0.25) is 4.79 Å². The van der Waals surface area contributed by atoms with E-state index in [4.69, 9.17) is 22.1 Å². The highest BCUT2D eigenvalue weighted by Crippen LogP contribution is 2.14. The van der Waals surface area contributed by atoms with Crippen molar-refractivity contribution >= 4 is 29.5 Å². The third-order valence-corrected chi connectivity index (χ3v) is 5.27. The molecule has 0 heterocycles. The van der Waals surface area contributed by atoms with Crippen LogP contribution in [-0.2, 0) is 27.5 Å². The summed E-state index contributed by atoms with van der Waals surface area (Å²) in [6, 6.07) is 14.2. The van der Waals surface area contributed by atoms with Crippen molar-refractivity contribution in [2.75, 3.05) is 6.54 Å². The molecule has 0 aromatic heterocycles. The Labute approximate surface area is 199 Å². The predicted octanol–water partition coefficient (Wildman–Crippen LogP) is 2.88. The number of halogens is 1. The zero-order valence-corrected chi connectivity index (χ0v) is 19.4. The maximum absolute atomic E-state index is 12.8. The number of esters is 1. The normalized spacial score (nSPS) is 12.3. The number of benzene rings is 2. The Morgan fingerprint density at radius 2 is 1.70 bits per heavy atom. The summed E-state index contributed by atoms with van der Waals surface area (Å²) in [5.74, 6) is -1.03. The van der Waals surface area contributed by atoms with Gasteiger partial charge in [-0.25, -0.2) is 9.59 Å². The standard InChI is InChI=1S/C24H31ClN4O4/c1-17(23(31)33-16-18-9-3-2-4-10-18)28-22(30)21(13-7-8-14-26)29-24(32)27-15-19-11-5-6-12-20(19)25/h2-6,9-12,17,21H,7-8,13-16,26H2,1H3,(H,28,30)(H2,27,29,32)/t17-,21-/m0/s1. The highest BCUT2D eigenvalue weighted by atomic mass is 35.5. The summed E-state index contributed by atoms with van der Waals surface area (Å²) in [4.78, 5) is 37.5. The first-order valence-corrected chi connectivity index (χ1v) is 11.3. The fraction of sp³-hybridized carbons (Fsp3) is 0.375. The number of ether oxygens (including phenoxy) is 1. The number of rotatable bonds is 12. The molecule has 0 bridgehead atoms. The molecule has 5 N–H and O–H groups in total. The van der Waals surface area contributed by atoms with Crippen molar-refractivity contribution in [2.45, 2.75) is 51.4 Å². The molecule has 0 spiro atoms. The molecule has 178 valence electrons. The van der Waals surface area contributed by atoms with Gasteiger partial charge in [-0.05, 0) is 49.9 Å². The van der Waals surface area contributed by atoms with E-state index in [0.717, 1.165) is 11.1 Å². The van der Waals surface area contributed by atoms with Crippen molar-refractivity contribution in [3.63, 3.8) is 0 Å². The first-order valence-electron chi connectivity index (χ1n) is 10.9. The van der Waals surface area contributed by atoms with E-state index in [1.807, 2.05) is 36.4 Å². The van der Waals surface area contributed by atoms with Gasteiger partial charge < -0.3 is 26.4 Å². The molecule has 0 saturated carbocycles. The number of amides is 3. The Morgan fingerprint density at radius 1 is 1.00 bits per heavy atom. The third kappa shape index (κ3) is 9.51. The van der Waals surface area contributed by atoms with E-state index < -0.39 is 30.0 Å². The molecular formula is C24H31ClN4O4. The van der Waals surface area contributed by atoms with Gasteiger partial charge in [0.15, 0.2) is 0 Å². The van der Waals surface area contributed by atoms with Gasteiger partial charge in [-0.2, -0.15) is 0 Å². The van der Waals surface area contributed by atoms with E-state index in [-0.39, 0.29) is 13.2 Å². The topological polar surface area (TPSA) is 123 Å². The first-order chi connectivity index (χ1) is 15.9. The van der Waals surface area contributed by atoms with Crippen LogP contribution < -0.4 is 21.7 Å². The molecule has 0 aliphatic rings. The van der Waals surface area contributed by atoms with Crippen LogP contribution in [0.3, 0.4) is 0 Å². The van der Waals surface area contributed by atoms with Crippen LogP contribution >= 0.6 is 11.6 Å². The lowest BCUT2D eigenvalue weighted by Crippen LogP contribution is -2.53. The fourth-order valence-corrected chi connectivity index (χ4v) is 3.22. The number of nitrogens with two attached hydrogens (primary N) is 1. The second-order valence-corrected chi connectivity index (χ2v) is 7.99. The second kappa shape index (κ2) is 14.1. The summed E-state index contributed by atoms with van der Waals surface area (Å²) in [5.41, 5.74) is 7.15. The van der Waals surface area contributed by atoms with E-state index in [0.29, 0.717) is 30.8 Å². The summed E-state index contributed by atoms with van der Waals surface area (Å²) in [5, 5.41) is 8.53. The van der Waals surface area contributed by atoms with Gasteiger partial charge in [0.2, 0.25) is 5.91 Å². The molecule has 33 heavy (non-hydrogen) atoms. The van der Waals surface area contributed by atoms with Gasteiger partial charge >= 0.3 is 12.0 Å². The van der Waals surface area contributed by atoms with Crippen molar-refractivity contribution in [3.05, 3.63) is 70.7 Å². The van der Waals surface area contributed by atoms with Crippen LogP contribution in [0.25, 0.3) is 0 Å². The minimum absolute atomic E-state index is 0.114. The fourth-order valence-electron chi connectivity index (χ4n) is 3.01. The minimum atomic E-state index is -0.869. The van der Waals surface area contributed by atoms with Crippen molar-refractivity contribution in [1.82, 2.24) is 16.0 Å². The molecule has 2 atom stereocenters. The Balaban J connectivity index is 1.88. The van der Waals surface area contributed by atoms with E-state index in [1.54, 1.807) is 25.1 Å². The van der Waals surface area contributed by atoms with Gasteiger partial charge in [0.1, 0.15) is 18.7 Å². The second-order valence-electron chi connectivity index (χ2n) is 7.58. The first kappa shape index (κ1) is 26.2. The van der Waals surface area contributed by atoms with Crippen LogP contribution in [0, 0.1) is 0 Å². The molecule has 0 aliphatic heterocycles. The molecule has 3 amide bonds. The van der Waals surface area contributed by atoms with Crippen molar-refractivity contribution in [1.29, 1.82) is 0 Å². The van der Waals surface area contributed by atoms with Gasteiger partial charge in [0.05, 0.1) is 0 Å². The summed E-state index contributed by atoms with van der Waals surface area (Å²) in [6.07, 6.45) is 1.74. The van der Waals surface area contributed by atoms with Gasteiger partial charge in [0.25, 0.3) is 0 Å². The molecule has 2 rings (SSSR count). The molecule has 2 aromatic rings. The van der Waals surface area contributed by atoms with E-state index in [9.17, 15) is 14.4 Å². The maximum atomic E-state index is 12.8. The molecule has 0 saturated heterocycles. The molecule has 8 nitrogen and oxygen atoms in total. The van der Waals surface area contributed by atoms with Gasteiger partial charge in [0, 0.05) is 11.6 Å². The Morgan fingerprint density at radius 3 is 2.39 bits per heavy atom. The largest absolute Gasteiger partial charge is 0.459 e. The molecule has 0 fully saturated rings. The zero-order valence-electron chi connectivity index (χ0n) is 18.7. The lowest BCUT2D eigenvalue weighted by atomic mass is 10.1. The smallest absolute Gasteiger partial charge is 0.328 e. The summed E-state index contributed by atoms with van der Waals surface area (Å²) in [7, 11) is 0. The molecule has 9 heteroatoms. The van der Waals surface area contributed by atoms with E-state index in [2.05, 4.69) is 16.0 Å². The van der Waals surface area contributed by atoms with Crippen molar-refractivity contribution in [3.8, 4) is 0 Å². The number of nitrogens with one attached hydrogen (secondary N) is 3. The summed E-state index contributed by atoms with van der Waals surface area (Å²) >= 11 is 6.11. The van der Waals surface area contributed by atoms with Crippen LogP contribution in [0.5, 0.6) is 0 Å². The van der Waals surface area contributed by atoms with Gasteiger partial charge in [-0.1, -0.05) is 60.1 Å². The number of urea groups is 1. The monoisotopic (exact) mass is 474 g/mol. The van der Waals surface area contributed by atoms with Crippen molar-refractivity contribution in [2.24, 2.45) is 5.73 Å². The lowest BCUT2D eigenvalue weighted by Gasteiger charge is -2.21. The van der Waals surface area contributed by atoms with Crippen LogP contribution in [0.1, 0.15) is 37.3 Å². The highest BCUT2D eigenvalue weighted by Gasteiger charge is 2.25. The summed E-state index contributed by atoms with van der Waals surface area (Å²) < 4.78 is 5.27. The Hall–Kier alpha value is -3.10. The van der Waals surface area contributed by atoms with Crippen LogP contribution in [-0.4, -0.2) is 36.5 Å². The molecule has 0 aliphatic carbocycles. The quantitative estimate of drug-likeness (QED) is 0.278. The Bertz CT molecular complexity index is 910. The average Bonchev–Trinajstić information content (AvgIpc) is 2.82. The van der Waals surface area contributed by atoms with E-state index >= 15 is 0 Å². The van der Waals surface area contributed by atoms with Crippen LogP contribution in [0.2, 0.25) is 5.02 Å². The minimum Gasteiger partial charge on any atom is -0.459 e. The number of unbranched alkanes of at least 4 members (excludes halogenated alkanes) is 1. The predicted molar refractivity (Wildman–Crippen MR) is 127 cm³/mol. The molecule has 0 unspecified atom stereocenters. The number of hydrogen-bond acceptors (Lipinski definition) is 5. The molecule has 0 radical (unpaired) electrons. The third-order valence-electron chi connectivity index (χ3n) is 4.90. The van der Waals surface area contributed by atoms with Crippen LogP contribution in [0.15, 0.2) is 54.6 Å². The highest BCUT2D eigenvalue weighted by molar-refractivity contribution is 6.31. The van der Waals surface area contributed by atoms with Crippen molar-refractivity contribution < 1.29 is 19.1 Å². The molecule has 2 aromatic carbocycles. The lowest BCUT2D eigenvalue weighted by molar-refractivity contribution is -0.148. The summed E-state index contributed by atoms with van der Waals surface area (Å²) in [6.45, 7) is 2.35. The van der Waals surface area contributed by atoms with E-state index in [1.165, 1.54) is 0 Å². The SMILES string of the molecule is C[C@H](NC(=O)[C@H](CCCCN)NC(=O)NCc1ccccc1Cl)C(=O)OCc1ccccc1. The average molecular weight is 475 g/mol. The van der Waals surface area contributed by atoms with Crippen LogP contribution in [0.4, 0.5) is 4.79 Å². The number of hydrogen-bond donors (Lipinski definition) is 4. The number of carbonyl (C=O) groups excluding carboxylic acids is 3. The van der Waals surface area contributed by atoms with Gasteiger partial charge in [-0.15, -0.1) is 0 Å². The zero-order chi connectivity index (χ0) is 24.1. The molecular weight excluding hydrogens is 444 g/mol. The number of carbonyl (C=O) groups is 3. The Kier molecular flexibility index (Phi) is 11.2. The maximum Gasteiger partial charge on any atom is 0.328 e.